The van der Waals surface area contributed by atoms with E-state index in [0.717, 1.165) is 22.3 Å². The Bertz CT molecular complexity index is 2670. The lowest BCUT2D eigenvalue weighted by atomic mass is 10.0. The van der Waals surface area contributed by atoms with E-state index in [1.165, 1.54) is 23.1 Å². The Balaban J connectivity index is 1.11. The average molecular weight is 858 g/mol. The predicted octanol–water partition coefficient (Wildman–Crippen LogP) is 11.4. The van der Waals surface area contributed by atoms with E-state index < -0.39 is 23.0 Å². The number of carbonyl (C=O) groups excluding carboxylic acids is 4. The molecule has 0 saturated heterocycles. The lowest BCUT2D eigenvalue weighted by Gasteiger charge is -2.18. The first-order chi connectivity index (χ1) is 30.2. The molecule has 0 saturated carbocycles. The number of thiophene rings is 1. The van der Waals surface area contributed by atoms with Crippen LogP contribution in [0.3, 0.4) is 0 Å². The molecule has 7 aromatic rings. The second kappa shape index (κ2) is 20.9. The van der Waals surface area contributed by atoms with Crippen molar-refractivity contribution in [2.24, 2.45) is 0 Å². The van der Waals surface area contributed by atoms with Crippen LogP contribution < -0.4 is 20.7 Å². The monoisotopic (exact) mass is 857 g/mol. The van der Waals surface area contributed by atoms with Crippen molar-refractivity contribution in [3.8, 4) is 16.9 Å². The third kappa shape index (κ3) is 11.3. The molecule has 0 spiro atoms. The van der Waals surface area contributed by atoms with Crippen LogP contribution in [0.5, 0.6) is 5.75 Å². The second-order valence-corrected chi connectivity index (χ2v) is 16.1. The summed E-state index contributed by atoms with van der Waals surface area (Å²) in [6.07, 6.45) is 1.60. The molecule has 0 fully saturated rings. The molecule has 11 heteroatoms. The Labute approximate surface area is 368 Å². The molecule has 1 atom stereocenters. The smallest absolute Gasteiger partial charge is 0.341 e. The molecule has 62 heavy (non-hydrogen) atoms. The van der Waals surface area contributed by atoms with E-state index in [-0.39, 0.29) is 18.2 Å². The van der Waals surface area contributed by atoms with E-state index in [2.05, 4.69) is 16.0 Å². The van der Waals surface area contributed by atoms with E-state index >= 15 is 0 Å². The summed E-state index contributed by atoms with van der Waals surface area (Å²) in [6.45, 7) is 4.32. The molecule has 310 valence electrons. The maximum absolute atomic E-state index is 14.3. The number of aryl methyl sites for hydroxylation is 1. The molecular formula is C51H43N3O6S2. The fourth-order valence-corrected chi connectivity index (χ4v) is 8.42. The quantitative estimate of drug-likeness (QED) is 0.0502. The fourth-order valence-electron chi connectivity index (χ4n) is 6.37. The summed E-state index contributed by atoms with van der Waals surface area (Å²) in [5.74, 6) is -1.21. The van der Waals surface area contributed by atoms with E-state index in [1.807, 2.05) is 134 Å². The Kier molecular flexibility index (Phi) is 14.4. The van der Waals surface area contributed by atoms with Gasteiger partial charge in [-0.2, -0.15) is 0 Å². The summed E-state index contributed by atoms with van der Waals surface area (Å²) in [5.41, 5.74) is 6.20. The molecular weight excluding hydrogens is 815 g/mol. The molecule has 0 radical (unpaired) electrons. The highest BCUT2D eigenvalue weighted by Gasteiger charge is 2.28. The third-order valence-corrected chi connectivity index (χ3v) is 11.7. The summed E-state index contributed by atoms with van der Waals surface area (Å²) >= 11 is 2.55. The van der Waals surface area contributed by atoms with E-state index in [4.69, 9.17) is 9.47 Å². The van der Waals surface area contributed by atoms with Gasteiger partial charge in [0.1, 0.15) is 33.9 Å². The number of benzene rings is 6. The van der Waals surface area contributed by atoms with Crippen LogP contribution in [0.25, 0.3) is 17.2 Å². The first-order valence-electron chi connectivity index (χ1n) is 19.9. The van der Waals surface area contributed by atoms with Gasteiger partial charge in [-0.25, -0.2) is 4.79 Å². The lowest BCUT2D eigenvalue weighted by molar-refractivity contribution is -0.116. The van der Waals surface area contributed by atoms with Gasteiger partial charge >= 0.3 is 5.97 Å². The first-order valence-corrected chi connectivity index (χ1v) is 21.6. The van der Waals surface area contributed by atoms with Crippen molar-refractivity contribution in [2.75, 3.05) is 17.2 Å². The minimum Gasteiger partial charge on any atom is -0.489 e. The number of rotatable bonds is 16. The molecule has 0 aliphatic rings. The minimum absolute atomic E-state index is 0.0229. The number of esters is 1. The van der Waals surface area contributed by atoms with Crippen molar-refractivity contribution in [1.82, 2.24) is 5.32 Å². The molecule has 6 aromatic carbocycles. The zero-order valence-corrected chi connectivity index (χ0v) is 35.6. The third-order valence-electron chi connectivity index (χ3n) is 9.52. The van der Waals surface area contributed by atoms with Crippen molar-refractivity contribution in [2.45, 2.75) is 30.6 Å². The van der Waals surface area contributed by atoms with Crippen molar-refractivity contribution < 1.29 is 28.7 Å². The number of nitrogens with one attached hydrogen (secondary N) is 3. The molecule has 1 aromatic heterocycles. The molecule has 0 aliphatic carbocycles. The molecule has 0 bridgehead atoms. The maximum Gasteiger partial charge on any atom is 0.341 e. The van der Waals surface area contributed by atoms with Crippen molar-refractivity contribution >= 4 is 63.6 Å². The molecule has 1 unspecified atom stereocenters. The Hall–Kier alpha value is -7.21. The molecule has 9 nitrogen and oxygen atoms in total. The van der Waals surface area contributed by atoms with Crippen LogP contribution in [0.15, 0.2) is 180 Å². The summed E-state index contributed by atoms with van der Waals surface area (Å²) in [5, 5.41) is 10.3. The van der Waals surface area contributed by atoms with Gasteiger partial charge in [-0.3, -0.25) is 14.4 Å². The van der Waals surface area contributed by atoms with E-state index in [1.54, 1.807) is 55.5 Å². The van der Waals surface area contributed by atoms with Crippen LogP contribution >= 0.6 is 23.1 Å². The zero-order valence-electron chi connectivity index (χ0n) is 34.0. The fraction of sp³-hybridized carbons (Fsp3) is 0.0980. The Morgan fingerprint density at radius 3 is 2.11 bits per heavy atom. The Morgan fingerprint density at radius 1 is 0.742 bits per heavy atom. The first kappa shape index (κ1) is 42.9. The van der Waals surface area contributed by atoms with Gasteiger partial charge in [0.15, 0.2) is 0 Å². The number of thioether (sulfide) groups is 1. The minimum atomic E-state index is -0.748. The molecule has 7 rings (SSSR count). The number of anilines is 2. The van der Waals surface area contributed by atoms with Crippen molar-refractivity contribution in [3.63, 3.8) is 0 Å². The molecule has 3 N–H and O–H groups in total. The summed E-state index contributed by atoms with van der Waals surface area (Å²) in [7, 11) is 0. The van der Waals surface area contributed by atoms with E-state index in [9.17, 15) is 19.2 Å². The molecule has 3 amide bonds. The van der Waals surface area contributed by atoms with Crippen LogP contribution in [0, 0.1) is 6.92 Å². The van der Waals surface area contributed by atoms with Gasteiger partial charge in [-0.05, 0) is 84.6 Å². The highest BCUT2D eigenvalue weighted by atomic mass is 32.2. The van der Waals surface area contributed by atoms with Gasteiger partial charge < -0.3 is 25.4 Å². The highest BCUT2D eigenvalue weighted by Crippen LogP contribution is 2.40. The van der Waals surface area contributed by atoms with Crippen molar-refractivity contribution in [3.05, 3.63) is 208 Å². The summed E-state index contributed by atoms with van der Waals surface area (Å²) in [6, 6.07) is 50.0. The highest BCUT2D eigenvalue weighted by molar-refractivity contribution is 8.00. The largest absolute Gasteiger partial charge is 0.489 e. The van der Waals surface area contributed by atoms with Crippen molar-refractivity contribution in [1.29, 1.82) is 0 Å². The second-order valence-electron chi connectivity index (χ2n) is 14.0. The number of hydrogen-bond acceptors (Lipinski definition) is 8. The number of amides is 3. The van der Waals surface area contributed by atoms with Gasteiger partial charge in [0.05, 0.1) is 6.61 Å². The SMILES string of the molecule is CCOC(=O)c1c(-c2ccc(C)cc2)csc1NC(=O)C(Sc1cccc(NC(=O)/C(=C/c2ccc(OCc3ccccc3)cc2)NC(=O)c2ccccc2)c1)c1ccccc1. The van der Waals surface area contributed by atoms with Gasteiger partial charge in [0.2, 0.25) is 5.91 Å². The van der Waals surface area contributed by atoms with Crippen LogP contribution in [0.1, 0.15) is 55.1 Å². The predicted molar refractivity (Wildman–Crippen MR) is 248 cm³/mol. The zero-order chi connectivity index (χ0) is 43.3. The van der Waals surface area contributed by atoms with Gasteiger partial charge in [-0.1, -0.05) is 127 Å². The molecule has 1 heterocycles. The average Bonchev–Trinajstić information content (AvgIpc) is 3.72. The van der Waals surface area contributed by atoms with Gasteiger partial charge in [0.25, 0.3) is 11.8 Å². The lowest BCUT2D eigenvalue weighted by Crippen LogP contribution is -2.30. The van der Waals surface area contributed by atoms with Crippen LogP contribution in [-0.2, 0) is 20.9 Å². The van der Waals surface area contributed by atoms with Crippen LogP contribution in [0.2, 0.25) is 0 Å². The normalized spacial score (nSPS) is 11.5. The topological polar surface area (TPSA) is 123 Å². The maximum atomic E-state index is 14.3. The number of carbonyl (C=O) groups is 4. The number of hydrogen-bond donors (Lipinski definition) is 3. The van der Waals surface area contributed by atoms with Gasteiger partial charge in [-0.15, -0.1) is 23.1 Å². The van der Waals surface area contributed by atoms with Gasteiger partial charge in [0, 0.05) is 27.1 Å². The summed E-state index contributed by atoms with van der Waals surface area (Å²) in [4.78, 5) is 55.7. The van der Waals surface area contributed by atoms with Crippen LogP contribution in [0.4, 0.5) is 10.7 Å². The van der Waals surface area contributed by atoms with E-state index in [0.29, 0.717) is 50.2 Å². The standard InChI is InChI=1S/C51H43N3O6S2/c1-3-59-51(58)45-43(37-26-22-34(2)23-27-37)33-61-50(45)54-49(57)46(38-16-9-5-10-17-38)62-42-21-13-20-40(31-42)52-48(56)44(53-47(55)39-18-11-6-12-19-39)30-35-24-28-41(29-25-35)60-32-36-14-7-4-8-15-36/h4-31,33,46H,3,32H2,1-2H3,(H,52,56)(H,53,55)(H,54,57)/b44-30-. The Morgan fingerprint density at radius 2 is 1.42 bits per heavy atom. The molecule has 0 aliphatic heterocycles. The summed E-state index contributed by atoms with van der Waals surface area (Å²) < 4.78 is 11.4. The van der Waals surface area contributed by atoms with Crippen LogP contribution in [-0.4, -0.2) is 30.3 Å². The number of ether oxygens (including phenoxy) is 2.